The van der Waals surface area contributed by atoms with Crippen LogP contribution in [0.1, 0.15) is 30.9 Å². The molecule has 1 aliphatic heterocycles. The van der Waals surface area contributed by atoms with Crippen molar-refractivity contribution in [1.82, 2.24) is 5.32 Å². The average Bonchev–Trinajstić information content (AvgIpc) is 2.39. The molecule has 1 aliphatic rings. The van der Waals surface area contributed by atoms with Crippen LogP contribution in [0.15, 0.2) is 24.3 Å². The van der Waals surface area contributed by atoms with Crippen molar-refractivity contribution in [3.05, 3.63) is 35.4 Å². The molecule has 0 atom stereocenters. The summed E-state index contributed by atoms with van der Waals surface area (Å²) in [7, 11) is 0. The van der Waals surface area contributed by atoms with Crippen LogP contribution in [0.2, 0.25) is 0 Å². The van der Waals surface area contributed by atoms with Crippen molar-refractivity contribution >= 4 is 0 Å². The van der Waals surface area contributed by atoms with Crippen molar-refractivity contribution in [2.24, 2.45) is 5.73 Å². The highest BCUT2D eigenvalue weighted by Gasteiger charge is 2.32. The summed E-state index contributed by atoms with van der Waals surface area (Å²) in [6.45, 7) is 5.14. The Kier molecular flexibility index (Phi) is 3.62. The Labute approximate surface area is 98.2 Å². The van der Waals surface area contributed by atoms with Crippen molar-refractivity contribution in [2.75, 3.05) is 19.6 Å². The lowest BCUT2D eigenvalue weighted by atomic mass is 9.73. The molecule has 2 rings (SSSR count). The van der Waals surface area contributed by atoms with Crippen LogP contribution in [0.3, 0.4) is 0 Å². The van der Waals surface area contributed by atoms with E-state index in [4.69, 9.17) is 5.73 Å². The van der Waals surface area contributed by atoms with Gasteiger partial charge in [0.2, 0.25) is 0 Å². The molecule has 16 heavy (non-hydrogen) atoms. The largest absolute Gasteiger partial charge is 0.330 e. The number of rotatable bonds is 3. The molecule has 3 N–H and O–H groups in total. The first-order valence-electron chi connectivity index (χ1n) is 6.31. The van der Waals surface area contributed by atoms with Crippen LogP contribution in [0.5, 0.6) is 0 Å². The molecule has 1 fully saturated rings. The third-order valence-electron chi connectivity index (χ3n) is 3.93. The van der Waals surface area contributed by atoms with Gasteiger partial charge >= 0.3 is 0 Å². The van der Waals surface area contributed by atoms with Crippen LogP contribution >= 0.6 is 0 Å². The van der Waals surface area contributed by atoms with Crippen LogP contribution in [0.4, 0.5) is 0 Å². The molecule has 0 unspecified atom stereocenters. The topological polar surface area (TPSA) is 38.0 Å². The van der Waals surface area contributed by atoms with Crippen LogP contribution < -0.4 is 11.1 Å². The average molecular weight is 218 g/mol. The first kappa shape index (κ1) is 11.6. The standard InChI is InChI=1S/C14H22N2/c1-2-12-3-5-13(6-4-12)14(11-15)7-9-16-10-8-14/h3-6,16H,2,7-11,15H2,1H3. The Morgan fingerprint density at radius 2 is 1.81 bits per heavy atom. The van der Waals surface area contributed by atoms with Gasteiger partial charge in [0, 0.05) is 12.0 Å². The fourth-order valence-electron chi connectivity index (χ4n) is 2.61. The zero-order valence-corrected chi connectivity index (χ0v) is 10.1. The number of piperidine rings is 1. The molecule has 0 spiro atoms. The van der Waals surface area contributed by atoms with Gasteiger partial charge in [0.05, 0.1) is 0 Å². The van der Waals surface area contributed by atoms with Crippen molar-refractivity contribution in [1.29, 1.82) is 0 Å². The molecule has 2 nitrogen and oxygen atoms in total. The molecule has 2 heteroatoms. The van der Waals surface area contributed by atoms with Gasteiger partial charge in [0.15, 0.2) is 0 Å². The molecule has 1 saturated heterocycles. The fraction of sp³-hybridized carbons (Fsp3) is 0.571. The predicted molar refractivity (Wildman–Crippen MR) is 68.7 cm³/mol. The van der Waals surface area contributed by atoms with Gasteiger partial charge in [-0.25, -0.2) is 0 Å². The lowest BCUT2D eigenvalue weighted by Gasteiger charge is -2.37. The van der Waals surface area contributed by atoms with Gasteiger partial charge in [0.1, 0.15) is 0 Å². The SMILES string of the molecule is CCc1ccc(C2(CN)CCNCC2)cc1. The zero-order valence-electron chi connectivity index (χ0n) is 10.1. The summed E-state index contributed by atoms with van der Waals surface area (Å²) in [6, 6.07) is 9.04. The second kappa shape index (κ2) is 4.98. The minimum Gasteiger partial charge on any atom is -0.330 e. The normalized spacial score (nSPS) is 19.6. The predicted octanol–water partition coefficient (Wildman–Crippen LogP) is 1.83. The van der Waals surface area contributed by atoms with Crippen molar-refractivity contribution in [2.45, 2.75) is 31.6 Å². The first-order valence-corrected chi connectivity index (χ1v) is 6.31. The summed E-state index contributed by atoms with van der Waals surface area (Å²) in [6.07, 6.45) is 3.43. The van der Waals surface area contributed by atoms with Gasteiger partial charge in [-0.3, -0.25) is 0 Å². The Morgan fingerprint density at radius 3 is 2.31 bits per heavy atom. The Hall–Kier alpha value is -0.860. The molecular formula is C14H22N2. The van der Waals surface area contributed by atoms with E-state index >= 15 is 0 Å². The second-order valence-corrected chi connectivity index (χ2v) is 4.78. The summed E-state index contributed by atoms with van der Waals surface area (Å²) in [5, 5.41) is 3.41. The Morgan fingerprint density at radius 1 is 1.19 bits per heavy atom. The van der Waals surface area contributed by atoms with Gasteiger partial charge in [0.25, 0.3) is 0 Å². The maximum absolute atomic E-state index is 6.01. The van der Waals surface area contributed by atoms with E-state index in [2.05, 4.69) is 36.5 Å². The quantitative estimate of drug-likeness (QED) is 0.812. The first-order chi connectivity index (χ1) is 7.80. The molecule has 1 aromatic carbocycles. The summed E-state index contributed by atoms with van der Waals surface area (Å²) in [5.41, 5.74) is 9.06. The fourth-order valence-corrected chi connectivity index (χ4v) is 2.61. The third-order valence-corrected chi connectivity index (χ3v) is 3.93. The van der Waals surface area contributed by atoms with E-state index in [1.54, 1.807) is 0 Å². The molecule has 0 aliphatic carbocycles. The Bertz CT molecular complexity index is 323. The molecule has 88 valence electrons. The number of benzene rings is 1. The number of nitrogens with two attached hydrogens (primary N) is 1. The molecule has 0 radical (unpaired) electrons. The molecule has 0 aromatic heterocycles. The van der Waals surface area contributed by atoms with Gasteiger partial charge in [-0.1, -0.05) is 31.2 Å². The monoisotopic (exact) mass is 218 g/mol. The van der Waals surface area contributed by atoms with E-state index in [9.17, 15) is 0 Å². The number of aryl methyl sites for hydroxylation is 1. The number of nitrogens with one attached hydrogen (secondary N) is 1. The number of hydrogen-bond acceptors (Lipinski definition) is 2. The van der Waals surface area contributed by atoms with Crippen LogP contribution in [-0.4, -0.2) is 19.6 Å². The van der Waals surface area contributed by atoms with E-state index in [1.807, 2.05) is 0 Å². The third kappa shape index (κ3) is 2.13. The number of hydrogen-bond donors (Lipinski definition) is 2. The molecule has 1 heterocycles. The minimum absolute atomic E-state index is 0.220. The van der Waals surface area contributed by atoms with Crippen LogP contribution in [0.25, 0.3) is 0 Å². The van der Waals surface area contributed by atoms with Gasteiger partial charge in [-0.2, -0.15) is 0 Å². The maximum Gasteiger partial charge on any atom is 0.00996 e. The van der Waals surface area contributed by atoms with Gasteiger partial charge < -0.3 is 11.1 Å². The molecule has 0 bridgehead atoms. The summed E-state index contributed by atoms with van der Waals surface area (Å²) in [5.74, 6) is 0. The molecule has 0 saturated carbocycles. The lowest BCUT2D eigenvalue weighted by molar-refractivity contribution is 0.315. The highest BCUT2D eigenvalue weighted by atomic mass is 14.9. The summed E-state index contributed by atoms with van der Waals surface area (Å²) >= 11 is 0. The van der Waals surface area contributed by atoms with Gasteiger partial charge in [-0.15, -0.1) is 0 Å². The zero-order chi connectivity index (χ0) is 11.4. The second-order valence-electron chi connectivity index (χ2n) is 4.78. The van der Waals surface area contributed by atoms with E-state index in [-0.39, 0.29) is 5.41 Å². The summed E-state index contributed by atoms with van der Waals surface area (Å²) < 4.78 is 0. The minimum atomic E-state index is 0.220. The lowest BCUT2D eigenvalue weighted by Crippen LogP contribution is -2.44. The summed E-state index contributed by atoms with van der Waals surface area (Å²) in [4.78, 5) is 0. The van der Waals surface area contributed by atoms with Crippen molar-refractivity contribution in [3.8, 4) is 0 Å². The highest BCUT2D eigenvalue weighted by molar-refractivity contribution is 5.30. The van der Waals surface area contributed by atoms with Crippen LogP contribution in [0, 0.1) is 0 Å². The maximum atomic E-state index is 6.01. The van der Waals surface area contributed by atoms with Gasteiger partial charge in [-0.05, 0) is 43.5 Å². The van der Waals surface area contributed by atoms with E-state index in [0.717, 1.165) is 38.9 Å². The van der Waals surface area contributed by atoms with Crippen molar-refractivity contribution < 1.29 is 0 Å². The molecular weight excluding hydrogens is 196 g/mol. The highest BCUT2D eigenvalue weighted by Crippen LogP contribution is 2.32. The Balaban J connectivity index is 2.24. The van der Waals surface area contributed by atoms with E-state index in [1.165, 1.54) is 11.1 Å². The van der Waals surface area contributed by atoms with Crippen molar-refractivity contribution in [3.63, 3.8) is 0 Å². The molecule has 0 amide bonds. The molecule has 1 aromatic rings. The van der Waals surface area contributed by atoms with Crippen LogP contribution in [-0.2, 0) is 11.8 Å². The van der Waals surface area contributed by atoms with E-state index in [0.29, 0.717) is 0 Å². The smallest absolute Gasteiger partial charge is 0.00996 e. The van der Waals surface area contributed by atoms with E-state index < -0.39 is 0 Å².